The molecule has 0 aliphatic carbocycles. The van der Waals surface area contributed by atoms with Crippen LogP contribution < -0.4 is 5.32 Å². The summed E-state index contributed by atoms with van der Waals surface area (Å²) in [6, 6.07) is 12.6. The van der Waals surface area contributed by atoms with Crippen molar-refractivity contribution in [2.45, 2.75) is 33.4 Å². The predicted molar refractivity (Wildman–Crippen MR) is 75.3 cm³/mol. The number of aryl methyl sites for hydroxylation is 2. The van der Waals surface area contributed by atoms with Gasteiger partial charge in [-0.2, -0.15) is 0 Å². The van der Waals surface area contributed by atoms with Crippen molar-refractivity contribution < 1.29 is 0 Å². The third-order valence-corrected chi connectivity index (χ3v) is 3.23. The van der Waals surface area contributed by atoms with Crippen molar-refractivity contribution in [3.63, 3.8) is 0 Å². The highest BCUT2D eigenvalue weighted by Crippen LogP contribution is 2.08. The molecule has 0 spiro atoms. The Hall–Kier alpha value is -1.67. The van der Waals surface area contributed by atoms with Gasteiger partial charge in [0.05, 0.1) is 5.69 Å². The predicted octanol–water partition coefficient (Wildman–Crippen LogP) is 3.24. The van der Waals surface area contributed by atoms with E-state index in [0.717, 1.165) is 25.2 Å². The van der Waals surface area contributed by atoms with Gasteiger partial charge in [-0.25, -0.2) is 0 Å². The van der Waals surface area contributed by atoms with E-state index in [-0.39, 0.29) is 0 Å². The van der Waals surface area contributed by atoms with Gasteiger partial charge < -0.3 is 5.32 Å². The van der Waals surface area contributed by atoms with Crippen LogP contribution in [0, 0.1) is 6.92 Å². The molecule has 1 N–H and O–H groups in total. The molecule has 0 aliphatic rings. The van der Waals surface area contributed by atoms with E-state index in [1.807, 2.05) is 12.3 Å². The van der Waals surface area contributed by atoms with Gasteiger partial charge in [-0.05, 0) is 36.1 Å². The van der Waals surface area contributed by atoms with Crippen molar-refractivity contribution in [3.8, 4) is 0 Å². The number of benzene rings is 1. The molecule has 1 heterocycles. The molecule has 0 aliphatic heterocycles. The molecule has 18 heavy (non-hydrogen) atoms. The monoisotopic (exact) mass is 240 g/mol. The summed E-state index contributed by atoms with van der Waals surface area (Å²) in [5, 5.41) is 3.47. The molecule has 0 unspecified atom stereocenters. The van der Waals surface area contributed by atoms with E-state index in [0.29, 0.717) is 0 Å². The Morgan fingerprint density at radius 2 is 1.78 bits per heavy atom. The quantitative estimate of drug-likeness (QED) is 0.868. The molecule has 0 radical (unpaired) electrons. The standard InChI is InChI=1S/C16H20N2/c1-3-14-9-6-10-18-16(14)12-17-11-15-8-5-4-7-13(15)2/h4-10,17H,3,11-12H2,1-2H3. The van der Waals surface area contributed by atoms with Gasteiger partial charge in [-0.3, -0.25) is 4.98 Å². The second kappa shape index (κ2) is 6.31. The number of rotatable bonds is 5. The van der Waals surface area contributed by atoms with Crippen LogP contribution in [0.1, 0.15) is 29.3 Å². The van der Waals surface area contributed by atoms with Crippen molar-refractivity contribution in [3.05, 3.63) is 65.0 Å². The summed E-state index contributed by atoms with van der Waals surface area (Å²) in [5.74, 6) is 0. The van der Waals surface area contributed by atoms with Crippen LogP contribution in [-0.2, 0) is 19.5 Å². The zero-order chi connectivity index (χ0) is 12.8. The zero-order valence-corrected chi connectivity index (χ0v) is 11.1. The molecule has 2 rings (SSSR count). The smallest absolute Gasteiger partial charge is 0.0573 e. The lowest BCUT2D eigenvalue weighted by Gasteiger charge is -2.09. The Kier molecular flexibility index (Phi) is 4.48. The summed E-state index contributed by atoms with van der Waals surface area (Å²) >= 11 is 0. The molecule has 2 nitrogen and oxygen atoms in total. The summed E-state index contributed by atoms with van der Waals surface area (Å²) in [5.41, 5.74) is 5.18. The van der Waals surface area contributed by atoms with E-state index >= 15 is 0 Å². The normalized spacial score (nSPS) is 10.6. The third-order valence-electron chi connectivity index (χ3n) is 3.23. The average Bonchev–Trinajstić information content (AvgIpc) is 2.41. The van der Waals surface area contributed by atoms with E-state index in [1.54, 1.807) is 0 Å². The molecule has 0 saturated carbocycles. The fourth-order valence-electron chi connectivity index (χ4n) is 2.08. The molecule has 0 bridgehead atoms. The topological polar surface area (TPSA) is 24.9 Å². The maximum atomic E-state index is 4.44. The summed E-state index contributed by atoms with van der Waals surface area (Å²) in [4.78, 5) is 4.44. The van der Waals surface area contributed by atoms with E-state index in [1.165, 1.54) is 16.7 Å². The van der Waals surface area contributed by atoms with Crippen molar-refractivity contribution in [2.75, 3.05) is 0 Å². The molecular formula is C16H20N2. The van der Waals surface area contributed by atoms with Crippen LogP contribution in [-0.4, -0.2) is 4.98 Å². The maximum absolute atomic E-state index is 4.44. The Balaban J connectivity index is 1.95. The Bertz CT molecular complexity index is 506. The third kappa shape index (κ3) is 3.17. The van der Waals surface area contributed by atoms with Gasteiger partial charge in [0.1, 0.15) is 0 Å². The highest BCUT2D eigenvalue weighted by atomic mass is 14.9. The molecule has 1 aromatic heterocycles. The highest BCUT2D eigenvalue weighted by molar-refractivity contribution is 5.25. The molecule has 0 fully saturated rings. The maximum Gasteiger partial charge on any atom is 0.0573 e. The molecular weight excluding hydrogens is 220 g/mol. The molecule has 2 aromatic rings. The second-order valence-electron chi connectivity index (χ2n) is 4.49. The minimum absolute atomic E-state index is 0.832. The number of nitrogens with zero attached hydrogens (tertiary/aromatic N) is 1. The average molecular weight is 240 g/mol. The van der Waals surface area contributed by atoms with Crippen molar-refractivity contribution >= 4 is 0 Å². The van der Waals surface area contributed by atoms with Crippen LogP contribution in [0.3, 0.4) is 0 Å². The van der Waals surface area contributed by atoms with Gasteiger partial charge in [0.2, 0.25) is 0 Å². The Labute approximate surface area is 109 Å². The molecule has 0 amide bonds. The Morgan fingerprint density at radius 1 is 1.00 bits per heavy atom. The lowest BCUT2D eigenvalue weighted by Crippen LogP contribution is -2.15. The Morgan fingerprint density at radius 3 is 2.56 bits per heavy atom. The van der Waals surface area contributed by atoms with Gasteiger partial charge >= 0.3 is 0 Å². The highest BCUT2D eigenvalue weighted by Gasteiger charge is 2.01. The van der Waals surface area contributed by atoms with Gasteiger partial charge in [0.15, 0.2) is 0 Å². The van der Waals surface area contributed by atoms with Crippen molar-refractivity contribution in [2.24, 2.45) is 0 Å². The van der Waals surface area contributed by atoms with Crippen LogP contribution in [0.2, 0.25) is 0 Å². The molecule has 1 aromatic carbocycles. The van der Waals surface area contributed by atoms with Gasteiger partial charge in [0.25, 0.3) is 0 Å². The van der Waals surface area contributed by atoms with Gasteiger partial charge in [0, 0.05) is 19.3 Å². The van der Waals surface area contributed by atoms with E-state index in [9.17, 15) is 0 Å². The number of hydrogen-bond acceptors (Lipinski definition) is 2. The number of nitrogens with one attached hydrogen (secondary N) is 1. The summed E-state index contributed by atoms with van der Waals surface area (Å²) in [6.07, 6.45) is 2.90. The first-order valence-electron chi connectivity index (χ1n) is 6.49. The van der Waals surface area contributed by atoms with Crippen LogP contribution in [0.4, 0.5) is 0 Å². The number of aromatic nitrogens is 1. The lowest BCUT2D eigenvalue weighted by atomic mass is 10.1. The fraction of sp³-hybridized carbons (Fsp3) is 0.312. The SMILES string of the molecule is CCc1cccnc1CNCc1ccccc1C. The first-order chi connectivity index (χ1) is 8.81. The zero-order valence-electron chi connectivity index (χ0n) is 11.1. The molecule has 94 valence electrons. The van der Waals surface area contributed by atoms with E-state index in [4.69, 9.17) is 0 Å². The summed E-state index contributed by atoms with van der Waals surface area (Å²) in [7, 11) is 0. The van der Waals surface area contributed by atoms with E-state index < -0.39 is 0 Å². The molecule has 2 heteroatoms. The van der Waals surface area contributed by atoms with Gasteiger partial charge in [-0.1, -0.05) is 37.3 Å². The number of hydrogen-bond donors (Lipinski definition) is 1. The van der Waals surface area contributed by atoms with Crippen LogP contribution in [0.5, 0.6) is 0 Å². The van der Waals surface area contributed by atoms with Crippen LogP contribution in [0.25, 0.3) is 0 Å². The van der Waals surface area contributed by atoms with Crippen molar-refractivity contribution in [1.82, 2.24) is 10.3 Å². The van der Waals surface area contributed by atoms with Crippen LogP contribution in [0.15, 0.2) is 42.6 Å². The van der Waals surface area contributed by atoms with Crippen molar-refractivity contribution in [1.29, 1.82) is 0 Å². The summed E-state index contributed by atoms with van der Waals surface area (Å²) in [6.45, 7) is 6.04. The second-order valence-corrected chi connectivity index (χ2v) is 4.49. The largest absolute Gasteiger partial charge is 0.307 e. The summed E-state index contributed by atoms with van der Waals surface area (Å²) < 4.78 is 0. The number of pyridine rings is 1. The van der Waals surface area contributed by atoms with E-state index in [2.05, 4.69) is 54.5 Å². The fourth-order valence-corrected chi connectivity index (χ4v) is 2.08. The minimum Gasteiger partial charge on any atom is -0.307 e. The minimum atomic E-state index is 0.832. The van der Waals surface area contributed by atoms with Crippen LogP contribution >= 0.6 is 0 Å². The molecule has 0 saturated heterocycles. The first kappa shape index (κ1) is 12.8. The lowest BCUT2D eigenvalue weighted by molar-refractivity contribution is 0.671. The molecule has 0 atom stereocenters. The first-order valence-corrected chi connectivity index (χ1v) is 6.49. The van der Waals surface area contributed by atoms with Gasteiger partial charge in [-0.15, -0.1) is 0 Å².